The first-order valence-electron chi connectivity index (χ1n) is 11.1. The molecule has 190 valence electrons. The van der Waals surface area contributed by atoms with Gasteiger partial charge in [-0.05, 0) is 49.7 Å². The molecule has 2 atom stereocenters. The predicted molar refractivity (Wildman–Crippen MR) is 128 cm³/mol. The highest BCUT2D eigenvalue weighted by Crippen LogP contribution is 2.25. The summed E-state index contributed by atoms with van der Waals surface area (Å²) in [5, 5.41) is 20.8. The fourth-order valence-electron chi connectivity index (χ4n) is 4.25. The number of piperidine rings is 1. The zero-order chi connectivity index (χ0) is 25.9. The Hall–Kier alpha value is -3.58. The topological polar surface area (TPSA) is 158 Å². The van der Waals surface area contributed by atoms with Gasteiger partial charge in [0, 0.05) is 23.2 Å². The minimum Gasteiger partial charge on any atom is -0.489 e. The summed E-state index contributed by atoms with van der Waals surface area (Å²) in [6.45, 7) is 1.79. The van der Waals surface area contributed by atoms with Crippen molar-refractivity contribution >= 4 is 33.2 Å². The Kier molecular flexibility index (Phi) is 7.22. The lowest BCUT2D eigenvalue weighted by Crippen LogP contribution is -2.68. The van der Waals surface area contributed by atoms with Crippen molar-refractivity contribution in [2.24, 2.45) is 0 Å². The van der Waals surface area contributed by atoms with Gasteiger partial charge in [0.1, 0.15) is 12.4 Å². The van der Waals surface area contributed by atoms with Gasteiger partial charge >= 0.3 is 0 Å². The molecule has 2 heterocycles. The fraction of sp³-hybridized carbons (Fsp3) is 0.292. The van der Waals surface area contributed by atoms with Crippen molar-refractivity contribution in [1.82, 2.24) is 20.1 Å². The van der Waals surface area contributed by atoms with E-state index in [4.69, 9.17) is 9.94 Å². The number of carbonyl (C=O) groups excluding carboxylic acids is 2. The van der Waals surface area contributed by atoms with Crippen molar-refractivity contribution in [2.75, 3.05) is 13.1 Å². The van der Waals surface area contributed by atoms with Gasteiger partial charge in [-0.3, -0.25) is 19.8 Å². The third-order valence-electron chi connectivity index (χ3n) is 6.13. The smallest absolute Gasteiger partial charge is 0.278 e. The van der Waals surface area contributed by atoms with Crippen molar-refractivity contribution in [3.05, 3.63) is 65.9 Å². The molecule has 0 spiro atoms. The highest BCUT2D eigenvalue weighted by molar-refractivity contribution is 7.89. The Morgan fingerprint density at radius 1 is 1.25 bits per heavy atom. The third-order valence-corrected chi connectivity index (χ3v) is 7.61. The van der Waals surface area contributed by atoms with E-state index in [2.05, 4.69) is 9.71 Å². The maximum absolute atomic E-state index is 13.0. The van der Waals surface area contributed by atoms with Gasteiger partial charge in [0.2, 0.25) is 16.4 Å². The molecular weight excluding hydrogens is 488 g/mol. The predicted octanol–water partition coefficient (Wildman–Crippen LogP) is 0.868. The standard InChI is InChI=1S/C24H26N4O7S/c1-16-12-17(20-4-2-3-5-21(20)25-16)13-35-18-6-8-19(9-7-18)36(33,34)27-22-10-11-28(15-29)14-24(22,31)23(30)26-32/h2-9,12,15,22,27,31-32H,10-11,13-14H2,1H3,(H,26,30)/t22-,24-/m1/s1. The number of aromatic nitrogens is 1. The number of nitrogens with zero attached hydrogens (tertiary/aromatic N) is 2. The molecule has 1 fully saturated rings. The largest absolute Gasteiger partial charge is 0.489 e. The van der Waals surface area contributed by atoms with E-state index in [0.29, 0.717) is 12.2 Å². The lowest BCUT2D eigenvalue weighted by Gasteiger charge is -2.41. The summed E-state index contributed by atoms with van der Waals surface area (Å²) in [6, 6.07) is 14.1. The van der Waals surface area contributed by atoms with Gasteiger partial charge in [0.25, 0.3) is 5.91 Å². The molecule has 4 rings (SSSR count). The zero-order valence-corrected chi connectivity index (χ0v) is 20.2. The Morgan fingerprint density at radius 2 is 1.97 bits per heavy atom. The first kappa shape index (κ1) is 25.5. The van der Waals surface area contributed by atoms with E-state index in [9.17, 15) is 23.1 Å². The maximum atomic E-state index is 13.0. The van der Waals surface area contributed by atoms with Gasteiger partial charge in [-0.1, -0.05) is 18.2 Å². The quantitative estimate of drug-likeness (QED) is 0.196. The van der Waals surface area contributed by atoms with E-state index in [1.54, 1.807) is 0 Å². The number of rotatable bonds is 8. The highest BCUT2D eigenvalue weighted by atomic mass is 32.2. The van der Waals surface area contributed by atoms with Crippen LogP contribution in [0.3, 0.4) is 0 Å². The number of sulfonamides is 1. The number of benzene rings is 2. The van der Waals surface area contributed by atoms with Crippen molar-refractivity contribution in [3.8, 4) is 5.75 Å². The summed E-state index contributed by atoms with van der Waals surface area (Å²) in [5.74, 6) is -0.771. The van der Waals surface area contributed by atoms with E-state index >= 15 is 0 Å². The van der Waals surface area contributed by atoms with Crippen molar-refractivity contribution in [3.63, 3.8) is 0 Å². The van der Waals surface area contributed by atoms with Crippen molar-refractivity contribution < 1.29 is 33.1 Å². The van der Waals surface area contributed by atoms with Gasteiger partial charge in [-0.2, -0.15) is 0 Å². The number of fused-ring (bicyclic) bond motifs is 1. The summed E-state index contributed by atoms with van der Waals surface area (Å²) in [5.41, 5.74) is 1.64. The number of pyridine rings is 1. The molecule has 1 saturated heterocycles. The number of hydrogen-bond acceptors (Lipinski definition) is 8. The number of ether oxygens (including phenoxy) is 1. The minimum atomic E-state index is -4.16. The molecule has 36 heavy (non-hydrogen) atoms. The van der Waals surface area contributed by atoms with Gasteiger partial charge < -0.3 is 14.7 Å². The molecule has 1 aliphatic heterocycles. The summed E-state index contributed by atoms with van der Waals surface area (Å²) in [7, 11) is -4.16. The number of amides is 2. The highest BCUT2D eigenvalue weighted by Gasteiger charge is 2.49. The minimum absolute atomic E-state index is 0.0393. The average molecular weight is 515 g/mol. The van der Waals surface area contributed by atoms with Crippen LogP contribution >= 0.6 is 0 Å². The number of β-amino-alcohol motifs (C(OH)–C–C–N with tert-alkyl or cyclic N) is 1. The molecule has 4 N–H and O–H groups in total. The number of carbonyl (C=O) groups is 2. The molecule has 2 amide bonds. The van der Waals surface area contributed by atoms with Crippen LogP contribution in [0.1, 0.15) is 17.7 Å². The monoisotopic (exact) mass is 514 g/mol. The van der Waals surface area contributed by atoms with E-state index in [0.717, 1.165) is 27.1 Å². The van der Waals surface area contributed by atoms with Crippen LogP contribution < -0.4 is 14.9 Å². The van der Waals surface area contributed by atoms with Crippen LogP contribution in [0.15, 0.2) is 59.5 Å². The molecule has 0 unspecified atom stereocenters. The normalized spacial score (nSPS) is 20.2. The molecule has 11 nitrogen and oxygen atoms in total. The molecule has 0 saturated carbocycles. The number of likely N-dealkylation sites (tertiary alicyclic amines) is 1. The fourth-order valence-corrected chi connectivity index (χ4v) is 5.57. The van der Waals surface area contributed by atoms with Crippen LogP contribution in [0, 0.1) is 6.92 Å². The van der Waals surface area contributed by atoms with Crippen molar-refractivity contribution in [1.29, 1.82) is 0 Å². The maximum Gasteiger partial charge on any atom is 0.278 e. The molecule has 12 heteroatoms. The SMILES string of the molecule is Cc1cc(COc2ccc(S(=O)(=O)N[C@@H]3CCN(C=O)C[C@]3(O)C(=O)NO)cc2)c2ccccc2n1. The van der Waals surface area contributed by atoms with Gasteiger partial charge in [0.15, 0.2) is 5.60 Å². The van der Waals surface area contributed by atoms with E-state index in [1.807, 2.05) is 37.3 Å². The zero-order valence-electron chi connectivity index (χ0n) is 19.4. The van der Waals surface area contributed by atoms with Crippen LogP contribution in [0.5, 0.6) is 5.75 Å². The lowest BCUT2D eigenvalue weighted by atomic mass is 9.87. The van der Waals surface area contributed by atoms with Crippen LogP contribution in [0.4, 0.5) is 0 Å². The van der Waals surface area contributed by atoms with E-state index < -0.39 is 34.1 Å². The van der Waals surface area contributed by atoms with Gasteiger partial charge in [-0.15, -0.1) is 0 Å². The second-order valence-electron chi connectivity index (χ2n) is 8.60. The first-order valence-corrected chi connectivity index (χ1v) is 12.6. The number of hydroxylamine groups is 1. The van der Waals surface area contributed by atoms with Crippen LogP contribution in [-0.4, -0.2) is 65.7 Å². The molecule has 0 bridgehead atoms. The number of hydrogen-bond donors (Lipinski definition) is 4. The third kappa shape index (κ3) is 5.16. The number of aliphatic hydroxyl groups is 1. The second-order valence-corrected chi connectivity index (χ2v) is 10.3. The summed E-state index contributed by atoms with van der Waals surface area (Å²) in [6.07, 6.45) is 0.400. The van der Waals surface area contributed by atoms with E-state index in [-0.39, 0.29) is 24.5 Å². The lowest BCUT2D eigenvalue weighted by molar-refractivity contribution is -0.158. The van der Waals surface area contributed by atoms with Crippen LogP contribution in [-0.2, 0) is 26.2 Å². The molecule has 3 aromatic rings. The number of para-hydroxylation sites is 1. The molecular formula is C24H26N4O7S. The number of aryl methyl sites for hydroxylation is 1. The van der Waals surface area contributed by atoms with Crippen LogP contribution in [0.2, 0.25) is 0 Å². The summed E-state index contributed by atoms with van der Waals surface area (Å²) in [4.78, 5) is 28.7. The Balaban J connectivity index is 1.48. The summed E-state index contributed by atoms with van der Waals surface area (Å²) < 4.78 is 34.2. The molecule has 1 aromatic heterocycles. The second kappa shape index (κ2) is 10.2. The molecule has 1 aliphatic rings. The van der Waals surface area contributed by atoms with E-state index in [1.165, 1.54) is 29.7 Å². The van der Waals surface area contributed by atoms with Gasteiger partial charge in [0.05, 0.1) is 23.0 Å². The molecule has 0 aliphatic carbocycles. The first-order chi connectivity index (χ1) is 17.2. The number of nitrogens with one attached hydrogen (secondary N) is 2. The molecule has 2 aromatic carbocycles. The van der Waals surface area contributed by atoms with Crippen molar-refractivity contribution in [2.45, 2.75) is 36.5 Å². The summed E-state index contributed by atoms with van der Waals surface area (Å²) >= 11 is 0. The Labute approximate surface area is 207 Å². The average Bonchev–Trinajstić information content (AvgIpc) is 2.88. The molecule has 0 radical (unpaired) electrons. The van der Waals surface area contributed by atoms with Gasteiger partial charge in [-0.25, -0.2) is 18.6 Å². The van der Waals surface area contributed by atoms with Crippen LogP contribution in [0.25, 0.3) is 10.9 Å². The Morgan fingerprint density at radius 3 is 2.67 bits per heavy atom. The Bertz CT molecular complexity index is 1380.